The molecular formula is C37H48Cl2F2N6O5. The molecule has 11 nitrogen and oxygen atoms in total. The molecule has 6 rings (SSSR count). The molecule has 2 aliphatic heterocycles. The molecule has 2 aromatic carbocycles. The number of aliphatic hydroxyl groups excluding tert-OH is 1. The lowest BCUT2D eigenvalue weighted by molar-refractivity contribution is -0.143. The Kier molecular flexibility index (Phi) is 14.6. The lowest BCUT2D eigenvalue weighted by Gasteiger charge is -2.54. The van der Waals surface area contributed by atoms with E-state index >= 15 is 0 Å². The predicted molar refractivity (Wildman–Crippen MR) is 197 cm³/mol. The zero-order valence-electron chi connectivity index (χ0n) is 29.6. The number of nitrogens with one attached hydrogen (secondary N) is 1. The van der Waals surface area contributed by atoms with E-state index in [1.165, 1.54) is 21.0 Å². The van der Waals surface area contributed by atoms with Gasteiger partial charge in [-0.3, -0.25) is 19.4 Å². The number of alkyl halides is 2. The van der Waals surface area contributed by atoms with Gasteiger partial charge in [0.25, 0.3) is 6.43 Å². The van der Waals surface area contributed by atoms with Crippen molar-refractivity contribution in [1.82, 2.24) is 30.0 Å². The van der Waals surface area contributed by atoms with Crippen molar-refractivity contribution >= 4 is 36.6 Å². The standard InChI is InChI=1S/C37H46F2N6O5.2ClH/c1-23(46)33(40-24(2)47)37(48)44-16-17-45-28(19-44)18-43(21-30(45)32(25-10-6-4-7-11-25)26-12-8-5-9-13-26)20-29-35(49-3)41-34(27-14-15-27)42-36(29)50-22-31(38)39;;/h4-13,23,27-28,30-33,46H,14-22H2,1-3H3,(H,40,47);2*1H/t23?,28-,30+,33?;;/m1../s1. The predicted octanol–water partition coefficient (Wildman–Crippen LogP) is 4.26. The van der Waals surface area contributed by atoms with Crippen LogP contribution in [0.5, 0.6) is 11.8 Å². The molecule has 2 amide bonds. The molecule has 1 aromatic heterocycles. The minimum absolute atomic E-state index is 0. The molecule has 3 heterocycles. The van der Waals surface area contributed by atoms with Crippen molar-refractivity contribution in [3.63, 3.8) is 0 Å². The Morgan fingerprint density at radius 1 is 0.942 bits per heavy atom. The first-order valence-corrected chi connectivity index (χ1v) is 17.3. The number of aliphatic hydroxyl groups is 1. The summed E-state index contributed by atoms with van der Waals surface area (Å²) in [6, 6.07) is 19.5. The van der Waals surface area contributed by atoms with Gasteiger partial charge >= 0.3 is 0 Å². The van der Waals surface area contributed by atoms with Crippen molar-refractivity contribution in [1.29, 1.82) is 0 Å². The van der Waals surface area contributed by atoms with Gasteiger partial charge in [-0.2, -0.15) is 9.97 Å². The zero-order chi connectivity index (χ0) is 35.4. The van der Waals surface area contributed by atoms with Gasteiger partial charge in [0.05, 0.1) is 18.8 Å². The van der Waals surface area contributed by atoms with Crippen LogP contribution in [-0.4, -0.2) is 119 Å². The minimum Gasteiger partial charge on any atom is -0.481 e. The van der Waals surface area contributed by atoms with Crippen LogP contribution in [0.2, 0.25) is 0 Å². The average Bonchev–Trinajstić information content (AvgIpc) is 3.96. The van der Waals surface area contributed by atoms with E-state index in [1.807, 2.05) is 36.4 Å². The van der Waals surface area contributed by atoms with Gasteiger partial charge in [-0.15, -0.1) is 24.8 Å². The molecule has 3 fully saturated rings. The van der Waals surface area contributed by atoms with Crippen LogP contribution >= 0.6 is 24.8 Å². The number of hydrogen-bond donors (Lipinski definition) is 2. The molecule has 2 unspecified atom stereocenters. The number of rotatable bonds is 13. The summed E-state index contributed by atoms with van der Waals surface area (Å²) >= 11 is 0. The van der Waals surface area contributed by atoms with Crippen LogP contribution in [0, 0.1) is 0 Å². The maximum absolute atomic E-state index is 13.7. The number of halogens is 4. The highest BCUT2D eigenvalue weighted by molar-refractivity contribution is 5.87. The fourth-order valence-corrected chi connectivity index (χ4v) is 7.37. The summed E-state index contributed by atoms with van der Waals surface area (Å²) in [5, 5.41) is 13.0. The van der Waals surface area contributed by atoms with Gasteiger partial charge in [0, 0.05) is 70.1 Å². The number of hydrogen-bond acceptors (Lipinski definition) is 9. The molecule has 3 aromatic rings. The maximum Gasteiger partial charge on any atom is 0.272 e. The van der Waals surface area contributed by atoms with Crippen molar-refractivity contribution in [2.24, 2.45) is 0 Å². The van der Waals surface area contributed by atoms with Crippen molar-refractivity contribution in [3.8, 4) is 11.8 Å². The number of piperazine rings is 2. The van der Waals surface area contributed by atoms with Gasteiger partial charge in [0.15, 0.2) is 6.61 Å². The number of fused-ring (bicyclic) bond motifs is 1. The summed E-state index contributed by atoms with van der Waals surface area (Å²) in [7, 11) is 1.51. The van der Waals surface area contributed by atoms with Crippen molar-refractivity contribution in [3.05, 3.63) is 83.2 Å². The SMILES string of the molecule is COc1nc(C2CC2)nc(OCC(F)F)c1CN1C[C@@H]2CN(C(=O)C(NC(C)=O)C(C)O)CCN2[C@H](C(c2ccccc2)c2ccccc2)C1.Cl.Cl. The number of benzene rings is 2. The molecule has 0 spiro atoms. The summed E-state index contributed by atoms with van der Waals surface area (Å²) < 4.78 is 38.2. The van der Waals surface area contributed by atoms with E-state index in [2.05, 4.69) is 49.4 Å². The quantitative estimate of drug-likeness (QED) is 0.263. The highest BCUT2D eigenvalue weighted by Gasteiger charge is 2.44. The topological polar surface area (TPSA) is 120 Å². The van der Waals surface area contributed by atoms with E-state index in [-0.39, 0.29) is 67.1 Å². The first-order valence-electron chi connectivity index (χ1n) is 17.3. The number of carbonyl (C=O) groups is 2. The number of amides is 2. The van der Waals surface area contributed by atoms with E-state index in [0.717, 1.165) is 24.0 Å². The van der Waals surface area contributed by atoms with E-state index < -0.39 is 31.1 Å². The Bertz CT molecular complexity index is 1590. The monoisotopic (exact) mass is 764 g/mol. The Morgan fingerprint density at radius 3 is 2.10 bits per heavy atom. The van der Waals surface area contributed by atoms with Gasteiger partial charge in [-0.1, -0.05) is 60.7 Å². The van der Waals surface area contributed by atoms with Gasteiger partial charge in [0.2, 0.25) is 23.6 Å². The highest BCUT2D eigenvalue weighted by Crippen LogP contribution is 2.42. The third kappa shape index (κ3) is 9.67. The summed E-state index contributed by atoms with van der Waals surface area (Å²) in [4.78, 5) is 41.4. The summed E-state index contributed by atoms with van der Waals surface area (Å²) in [5.74, 6) is 0.359. The van der Waals surface area contributed by atoms with Crippen molar-refractivity contribution in [2.75, 3.05) is 46.4 Å². The molecule has 1 saturated carbocycles. The summed E-state index contributed by atoms with van der Waals surface area (Å²) in [6.45, 7) is 4.84. The molecule has 52 heavy (non-hydrogen) atoms. The van der Waals surface area contributed by atoms with E-state index in [4.69, 9.17) is 9.47 Å². The van der Waals surface area contributed by atoms with Crippen LogP contribution < -0.4 is 14.8 Å². The Labute approximate surface area is 315 Å². The molecule has 4 atom stereocenters. The smallest absolute Gasteiger partial charge is 0.272 e. The zero-order valence-corrected chi connectivity index (χ0v) is 31.2. The number of aromatic nitrogens is 2. The molecule has 0 bridgehead atoms. The highest BCUT2D eigenvalue weighted by atomic mass is 35.5. The van der Waals surface area contributed by atoms with E-state index in [1.54, 1.807) is 4.90 Å². The number of methoxy groups -OCH3 is 1. The maximum atomic E-state index is 13.7. The van der Waals surface area contributed by atoms with Crippen molar-refractivity contribution in [2.45, 2.75) is 75.7 Å². The molecule has 2 saturated heterocycles. The Hall–Kier alpha value is -3.62. The second kappa shape index (κ2) is 18.4. The van der Waals surface area contributed by atoms with Crippen LogP contribution in [0.4, 0.5) is 8.78 Å². The first kappa shape index (κ1) is 41.1. The molecule has 2 N–H and O–H groups in total. The fourth-order valence-electron chi connectivity index (χ4n) is 7.37. The summed E-state index contributed by atoms with van der Waals surface area (Å²) in [5.41, 5.74) is 2.81. The number of carbonyl (C=O) groups excluding carboxylic acids is 2. The van der Waals surface area contributed by atoms with Gasteiger partial charge < -0.3 is 24.8 Å². The second-order valence-electron chi connectivity index (χ2n) is 13.5. The van der Waals surface area contributed by atoms with Crippen LogP contribution in [0.3, 0.4) is 0 Å². The molecule has 15 heteroatoms. The van der Waals surface area contributed by atoms with Gasteiger partial charge in [0.1, 0.15) is 11.9 Å². The van der Waals surface area contributed by atoms with Crippen LogP contribution in [0.15, 0.2) is 60.7 Å². The normalized spacial score (nSPS) is 20.3. The molecule has 3 aliphatic rings. The van der Waals surface area contributed by atoms with E-state index in [9.17, 15) is 23.5 Å². The van der Waals surface area contributed by atoms with Crippen molar-refractivity contribution < 1.29 is 33.0 Å². The third-order valence-electron chi connectivity index (χ3n) is 9.80. The van der Waals surface area contributed by atoms with Crippen LogP contribution in [0.1, 0.15) is 61.0 Å². The van der Waals surface area contributed by atoms with Crippen LogP contribution in [-0.2, 0) is 16.1 Å². The third-order valence-corrected chi connectivity index (χ3v) is 9.80. The fraction of sp³-hybridized carbons (Fsp3) is 0.514. The largest absolute Gasteiger partial charge is 0.481 e. The lowest BCUT2D eigenvalue weighted by atomic mass is 9.81. The first-order chi connectivity index (χ1) is 24.1. The molecular weight excluding hydrogens is 717 g/mol. The van der Waals surface area contributed by atoms with Gasteiger partial charge in [-0.05, 0) is 30.9 Å². The van der Waals surface area contributed by atoms with Crippen LogP contribution in [0.25, 0.3) is 0 Å². The average molecular weight is 766 g/mol. The second-order valence-corrected chi connectivity index (χ2v) is 13.5. The Balaban J connectivity index is 0.00000302. The molecule has 0 radical (unpaired) electrons. The minimum atomic E-state index is -2.67. The summed E-state index contributed by atoms with van der Waals surface area (Å²) in [6.07, 6.45) is -1.89. The number of ether oxygens (including phenoxy) is 2. The molecule has 284 valence electrons. The Morgan fingerprint density at radius 2 is 1.56 bits per heavy atom. The number of nitrogens with zero attached hydrogens (tertiary/aromatic N) is 5. The lowest BCUT2D eigenvalue weighted by Crippen LogP contribution is -2.68. The molecule has 1 aliphatic carbocycles. The van der Waals surface area contributed by atoms with E-state index in [0.29, 0.717) is 50.0 Å². The van der Waals surface area contributed by atoms with Gasteiger partial charge in [-0.25, -0.2) is 8.78 Å².